The molecular weight excluding hydrogens is 419 g/mol. The van der Waals surface area contributed by atoms with Crippen molar-refractivity contribution < 1.29 is 22.3 Å². The number of methoxy groups -OCH3 is 1. The molecule has 0 aromatic heterocycles. The number of nitrogens with one attached hydrogen (secondary N) is 1. The molecule has 0 bridgehead atoms. The smallest absolute Gasteiger partial charge is 0.243 e. The van der Waals surface area contributed by atoms with Gasteiger partial charge in [0.1, 0.15) is 11.6 Å². The monoisotopic (exact) mass is 440 g/mol. The molecule has 1 heterocycles. The molecule has 156 valence electrons. The zero-order chi connectivity index (χ0) is 21.0. The molecule has 1 fully saturated rings. The number of ether oxygens (including phenoxy) is 1. The van der Waals surface area contributed by atoms with Gasteiger partial charge in [0.25, 0.3) is 0 Å². The van der Waals surface area contributed by atoms with Crippen LogP contribution in [0.1, 0.15) is 18.4 Å². The number of carbonyl (C=O) groups excluding carboxylic acids is 1. The Morgan fingerprint density at radius 3 is 2.48 bits per heavy atom. The van der Waals surface area contributed by atoms with E-state index in [2.05, 4.69) is 5.32 Å². The Bertz CT molecular complexity index is 974. The van der Waals surface area contributed by atoms with Crippen LogP contribution < -0.4 is 10.1 Å². The highest BCUT2D eigenvalue weighted by Gasteiger charge is 2.32. The number of carbonyl (C=O) groups is 1. The molecule has 0 atom stereocenters. The molecule has 1 aliphatic heterocycles. The molecule has 1 saturated heterocycles. The average molecular weight is 441 g/mol. The van der Waals surface area contributed by atoms with Crippen molar-refractivity contribution in [3.05, 3.63) is 58.9 Å². The zero-order valence-corrected chi connectivity index (χ0v) is 17.5. The third-order valence-corrected chi connectivity index (χ3v) is 7.02. The fourth-order valence-electron chi connectivity index (χ4n) is 3.25. The van der Waals surface area contributed by atoms with E-state index in [1.165, 1.54) is 41.7 Å². The van der Waals surface area contributed by atoms with Gasteiger partial charge < -0.3 is 10.1 Å². The van der Waals surface area contributed by atoms with Crippen molar-refractivity contribution in [2.24, 2.45) is 5.92 Å². The van der Waals surface area contributed by atoms with Crippen LogP contribution in [0.3, 0.4) is 0 Å². The summed E-state index contributed by atoms with van der Waals surface area (Å²) >= 11 is 6.00. The third kappa shape index (κ3) is 5.26. The Balaban J connectivity index is 1.58. The van der Waals surface area contributed by atoms with Crippen molar-refractivity contribution in [1.29, 1.82) is 0 Å². The summed E-state index contributed by atoms with van der Waals surface area (Å²) in [5, 5.41) is 3.11. The lowest BCUT2D eigenvalue weighted by molar-refractivity contribution is -0.126. The predicted molar refractivity (Wildman–Crippen MR) is 108 cm³/mol. The maximum absolute atomic E-state index is 12.9. The van der Waals surface area contributed by atoms with Gasteiger partial charge in [0.05, 0.1) is 12.0 Å². The summed E-state index contributed by atoms with van der Waals surface area (Å²) in [6.45, 7) is 0.789. The van der Waals surface area contributed by atoms with Crippen LogP contribution in [0.25, 0.3) is 0 Å². The zero-order valence-electron chi connectivity index (χ0n) is 15.9. The molecule has 2 aromatic carbocycles. The average Bonchev–Trinajstić information content (AvgIpc) is 2.72. The van der Waals surface area contributed by atoms with Gasteiger partial charge in [-0.05, 0) is 42.7 Å². The summed E-state index contributed by atoms with van der Waals surface area (Å²) < 4.78 is 45.2. The summed E-state index contributed by atoms with van der Waals surface area (Å²) in [6.07, 6.45) is 0.846. The Kier molecular flexibility index (Phi) is 6.77. The summed E-state index contributed by atoms with van der Waals surface area (Å²) in [7, 11) is -2.28. The first kappa shape index (κ1) is 21.5. The van der Waals surface area contributed by atoms with Crippen molar-refractivity contribution in [2.45, 2.75) is 24.3 Å². The lowest BCUT2D eigenvalue weighted by atomic mass is 9.97. The van der Waals surface area contributed by atoms with Crippen molar-refractivity contribution >= 4 is 27.5 Å². The molecule has 0 radical (unpaired) electrons. The molecule has 0 saturated carbocycles. The van der Waals surface area contributed by atoms with E-state index in [0.29, 0.717) is 25.1 Å². The fourth-order valence-corrected chi connectivity index (χ4v) is 5.07. The topological polar surface area (TPSA) is 75.7 Å². The summed E-state index contributed by atoms with van der Waals surface area (Å²) in [4.78, 5) is 12.5. The first-order valence-electron chi connectivity index (χ1n) is 9.16. The Labute approximate surface area is 174 Å². The number of sulfonamides is 1. The van der Waals surface area contributed by atoms with Gasteiger partial charge in [0, 0.05) is 36.6 Å². The maximum Gasteiger partial charge on any atom is 0.243 e. The van der Waals surface area contributed by atoms with Crippen molar-refractivity contribution in [2.75, 3.05) is 20.2 Å². The molecule has 3 rings (SSSR count). The minimum atomic E-state index is -3.72. The standard InChI is InChI=1S/C20H22ClFN2O4S/c1-28-18-10-16(21)11-19(12-18)29(26,27)24-8-6-15(7-9-24)20(25)23-13-14-2-4-17(22)5-3-14/h2-5,10-12,15H,6-9,13H2,1H3,(H,23,25). The van der Waals surface area contributed by atoms with E-state index < -0.39 is 10.0 Å². The normalized spacial score (nSPS) is 15.8. The molecule has 0 aliphatic carbocycles. The molecule has 6 nitrogen and oxygen atoms in total. The van der Waals surface area contributed by atoms with Gasteiger partial charge in [0.15, 0.2) is 0 Å². The Morgan fingerprint density at radius 2 is 1.86 bits per heavy atom. The molecule has 2 aromatic rings. The molecule has 29 heavy (non-hydrogen) atoms. The van der Waals surface area contributed by atoms with E-state index in [4.69, 9.17) is 16.3 Å². The Hall–Kier alpha value is -2.16. The Morgan fingerprint density at radius 1 is 1.21 bits per heavy atom. The number of rotatable bonds is 6. The maximum atomic E-state index is 12.9. The molecule has 1 amide bonds. The second kappa shape index (κ2) is 9.11. The van der Waals surface area contributed by atoms with Crippen LogP contribution in [0.15, 0.2) is 47.4 Å². The lowest BCUT2D eigenvalue weighted by Crippen LogP contribution is -2.42. The van der Waals surface area contributed by atoms with Crippen LogP contribution >= 0.6 is 11.6 Å². The summed E-state index contributed by atoms with van der Waals surface area (Å²) in [6, 6.07) is 10.3. The minimum Gasteiger partial charge on any atom is -0.497 e. The van der Waals surface area contributed by atoms with E-state index in [9.17, 15) is 17.6 Å². The van der Waals surface area contributed by atoms with E-state index >= 15 is 0 Å². The summed E-state index contributed by atoms with van der Waals surface area (Å²) in [5.41, 5.74) is 0.801. The van der Waals surface area contributed by atoms with Crippen LogP contribution in [-0.4, -0.2) is 38.8 Å². The molecule has 1 N–H and O–H groups in total. The quantitative estimate of drug-likeness (QED) is 0.748. The first-order valence-corrected chi connectivity index (χ1v) is 11.0. The fraction of sp³-hybridized carbons (Fsp3) is 0.350. The predicted octanol–water partition coefficient (Wildman–Crippen LogP) is 3.20. The number of nitrogens with zero attached hydrogens (tertiary/aromatic N) is 1. The van der Waals surface area contributed by atoms with Crippen LogP contribution in [-0.2, 0) is 21.4 Å². The van der Waals surface area contributed by atoms with Crippen molar-refractivity contribution in [3.8, 4) is 5.75 Å². The number of piperidine rings is 1. The number of hydrogen-bond donors (Lipinski definition) is 1. The van der Waals surface area contributed by atoms with Gasteiger partial charge >= 0.3 is 0 Å². The van der Waals surface area contributed by atoms with Gasteiger partial charge in [-0.2, -0.15) is 4.31 Å². The number of halogens is 2. The second-order valence-corrected chi connectivity index (χ2v) is 9.22. The molecule has 1 aliphatic rings. The van der Waals surface area contributed by atoms with Crippen LogP contribution in [0.5, 0.6) is 5.75 Å². The highest BCUT2D eigenvalue weighted by Crippen LogP contribution is 2.29. The van der Waals surface area contributed by atoms with E-state index in [-0.39, 0.29) is 40.6 Å². The highest BCUT2D eigenvalue weighted by molar-refractivity contribution is 7.89. The van der Waals surface area contributed by atoms with Gasteiger partial charge in [-0.1, -0.05) is 23.7 Å². The van der Waals surface area contributed by atoms with Crippen molar-refractivity contribution in [3.63, 3.8) is 0 Å². The molecule has 9 heteroatoms. The molecule has 0 unspecified atom stereocenters. The first-order chi connectivity index (χ1) is 13.8. The molecular formula is C20H22ClFN2O4S. The van der Waals surface area contributed by atoms with Gasteiger partial charge in [0.2, 0.25) is 15.9 Å². The van der Waals surface area contributed by atoms with Gasteiger partial charge in [-0.25, -0.2) is 12.8 Å². The van der Waals surface area contributed by atoms with E-state index in [1.54, 1.807) is 12.1 Å². The number of benzene rings is 2. The van der Waals surface area contributed by atoms with Crippen LogP contribution in [0, 0.1) is 11.7 Å². The van der Waals surface area contributed by atoms with Crippen LogP contribution in [0.2, 0.25) is 5.02 Å². The molecule has 0 spiro atoms. The second-order valence-electron chi connectivity index (χ2n) is 6.85. The van der Waals surface area contributed by atoms with E-state index in [1.807, 2.05) is 0 Å². The van der Waals surface area contributed by atoms with Gasteiger partial charge in [-0.15, -0.1) is 0 Å². The van der Waals surface area contributed by atoms with Crippen LogP contribution in [0.4, 0.5) is 4.39 Å². The third-order valence-electron chi connectivity index (χ3n) is 4.92. The number of hydrogen-bond acceptors (Lipinski definition) is 4. The van der Waals surface area contributed by atoms with E-state index in [0.717, 1.165) is 5.56 Å². The highest BCUT2D eigenvalue weighted by atomic mass is 35.5. The van der Waals surface area contributed by atoms with Crippen molar-refractivity contribution in [1.82, 2.24) is 9.62 Å². The SMILES string of the molecule is COc1cc(Cl)cc(S(=O)(=O)N2CCC(C(=O)NCc3ccc(F)cc3)CC2)c1. The lowest BCUT2D eigenvalue weighted by Gasteiger charge is -2.30. The largest absolute Gasteiger partial charge is 0.497 e. The number of amides is 1. The minimum absolute atomic E-state index is 0.0704. The van der Waals surface area contributed by atoms with Gasteiger partial charge in [-0.3, -0.25) is 4.79 Å². The summed E-state index contributed by atoms with van der Waals surface area (Å²) in [5.74, 6) is -0.358.